The SMILES string of the molecule is CN=C(NCc1nc(-c2cccc(Cl)c2)no1)NC(C)c1cccc(N2CCCC2)c1.I. The zero-order chi connectivity index (χ0) is 21.6. The van der Waals surface area contributed by atoms with E-state index in [1.54, 1.807) is 7.05 Å². The van der Waals surface area contributed by atoms with Gasteiger partial charge in [0.2, 0.25) is 11.7 Å². The molecule has 0 spiro atoms. The number of nitrogens with zero attached hydrogens (tertiary/aromatic N) is 4. The van der Waals surface area contributed by atoms with Crippen molar-refractivity contribution in [3.8, 4) is 11.4 Å². The maximum absolute atomic E-state index is 6.04. The average molecular weight is 567 g/mol. The Labute approximate surface area is 210 Å². The van der Waals surface area contributed by atoms with Crippen LogP contribution < -0.4 is 15.5 Å². The Morgan fingerprint density at radius 2 is 1.97 bits per heavy atom. The lowest BCUT2D eigenvalue weighted by atomic mass is 10.1. The minimum Gasteiger partial charge on any atom is -0.372 e. The smallest absolute Gasteiger partial charge is 0.246 e. The van der Waals surface area contributed by atoms with Crippen molar-refractivity contribution in [2.45, 2.75) is 32.4 Å². The summed E-state index contributed by atoms with van der Waals surface area (Å²) in [4.78, 5) is 11.2. The van der Waals surface area contributed by atoms with Crippen molar-refractivity contribution in [1.29, 1.82) is 0 Å². The molecule has 0 bridgehead atoms. The molecule has 1 unspecified atom stereocenters. The fourth-order valence-electron chi connectivity index (χ4n) is 3.68. The third kappa shape index (κ3) is 6.13. The molecular formula is C23H28ClIN6O. The molecule has 0 radical (unpaired) electrons. The molecule has 2 aromatic carbocycles. The monoisotopic (exact) mass is 566 g/mol. The summed E-state index contributed by atoms with van der Waals surface area (Å²) in [6, 6.07) is 16.2. The lowest BCUT2D eigenvalue weighted by molar-refractivity contribution is 0.375. The second kappa shape index (κ2) is 11.5. The average Bonchev–Trinajstić information content (AvgIpc) is 3.49. The first-order chi connectivity index (χ1) is 15.1. The second-order valence-corrected chi connectivity index (χ2v) is 8.04. The van der Waals surface area contributed by atoms with Gasteiger partial charge in [-0.05, 0) is 49.6 Å². The molecule has 32 heavy (non-hydrogen) atoms. The van der Waals surface area contributed by atoms with Gasteiger partial charge in [-0.2, -0.15) is 4.98 Å². The molecule has 1 fully saturated rings. The van der Waals surface area contributed by atoms with E-state index in [0.29, 0.717) is 29.2 Å². The van der Waals surface area contributed by atoms with Crippen molar-refractivity contribution in [3.63, 3.8) is 0 Å². The molecule has 4 rings (SSSR count). The first kappa shape index (κ1) is 24.3. The molecule has 9 heteroatoms. The molecule has 7 nitrogen and oxygen atoms in total. The van der Waals surface area contributed by atoms with Crippen LogP contribution in [0.4, 0.5) is 5.69 Å². The minimum atomic E-state index is 0. The highest BCUT2D eigenvalue weighted by molar-refractivity contribution is 14.0. The van der Waals surface area contributed by atoms with E-state index in [4.69, 9.17) is 16.1 Å². The first-order valence-electron chi connectivity index (χ1n) is 10.5. The van der Waals surface area contributed by atoms with E-state index in [1.165, 1.54) is 24.1 Å². The van der Waals surface area contributed by atoms with Crippen LogP contribution in [0, 0.1) is 0 Å². The van der Waals surface area contributed by atoms with Crippen LogP contribution in [0.2, 0.25) is 5.02 Å². The number of hydrogen-bond acceptors (Lipinski definition) is 5. The van der Waals surface area contributed by atoms with Crippen LogP contribution in [0.15, 0.2) is 58.0 Å². The predicted molar refractivity (Wildman–Crippen MR) is 140 cm³/mol. The van der Waals surface area contributed by atoms with Crippen molar-refractivity contribution in [2.24, 2.45) is 4.99 Å². The summed E-state index contributed by atoms with van der Waals surface area (Å²) < 4.78 is 5.36. The van der Waals surface area contributed by atoms with Crippen molar-refractivity contribution in [1.82, 2.24) is 20.8 Å². The number of benzene rings is 2. The summed E-state index contributed by atoms with van der Waals surface area (Å²) in [6.07, 6.45) is 2.53. The van der Waals surface area contributed by atoms with Gasteiger partial charge in [0.05, 0.1) is 12.6 Å². The van der Waals surface area contributed by atoms with Gasteiger partial charge < -0.3 is 20.1 Å². The van der Waals surface area contributed by atoms with Crippen molar-refractivity contribution >= 4 is 47.2 Å². The standard InChI is InChI=1S/C23H27ClN6O.HI/c1-16(17-7-6-10-20(14-17)30-11-3-4-12-30)27-23(25-2)26-15-21-28-22(29-31-21)18-8-5-9-19(24)13-18;/h5-10,13-14,16H,3-4,11-12,15H2,1-2H3,(H2,25,26,27);1H. The van der Waals surface area contributed by atoms with Gasteiger partial charge in [0.25, 0.3) is 0 Å². The molecule has 0 amide bonds. The highest BCUT2D eigenvalue weighted by Crippen LogP contribution is 2.24. The van der Waals surface area contributed by atoms with E-state index in [9.17, 15) is 0 Å². The van der Waals surface area contributed by atoms with Gasteiger partial charge in [-0.1, -0.05) is 41.0 Å². The molecular weight excluding hydrogens is 539 g/mol. The molecule has 170 valence electrons. The Morgan fingerprint density at radius 3 is 2.72 bits per heavy atom. The van der Waals surface area contributed by atoms with Crippen LogP contribution in [0.25, 0.3) is 11.4 Å². The van der Waals surface area contributed by atoms with E-state index in [-0.39, 0.29) is 30.0 Å². The molecule has 0 saturated carbocycles. The van der Waals surface area contributed by atoms with Crippen LogP contribution in [-0.4, -0.2) is 36.2 Å². The van der Waals surface area contributed by atoms with Gasteiger partial charge in [-0.15, -0.1) is 24.0 Å². The second-order valence-electron chi connectivity index (χ2n) is 7.60. The van der Waals surface area contributed by atoms with Gasteiger partial charge in [-0.3, -0.25) is 4.99 Å². The number of aromatic nitrogens is 2. The van der Waals surface area contributed by atoms with E-state index >= 15 is 0 Å². The van der Waals surface area contributed by atoms with Gasteiger partial charge in [-0.25, -0.2) is 0 Å². The highest BCUT2D eigenvalue weighted by atomic mass is 127. The van der Waals surface area contributed by atoms with E-state index in [1.807, 2.05) is 24.3 Å². The Bertz CT molecular complexity index is 1050. The Morgan fingerprint density at radius 1 is 1.19 bits per heavy atom. The number of anilines is 1. The minimum absolute atomic E-state index is 0. The zero-order valence-electron chi connectivity index (χ0n) is 18.2. The summed E-state index contributed by atoms with van der Waals surface area (Å²) in [5.41, 5.74) is 3.32. The summed E-state index contributed by atoms with van der Waals surface area (Å²) in [7, 11) is 1.74. The largest absolute Gasteiger partial charge is 0.372 e. The highest BCUT2D eigenvalue weighted by Gasteiger charge is 2.15. The number of aliphatic imine (C=N–C) groups is 1. The molecule has 1 atom stereocenters. The summed E-state index contributed by atoms with van der Waals surface area (Å²) in [5, 5.41) is 11.3. The third-order valence-electron chi connectivity index (χ3n) is 5.38. The molecule has 2 heterocycles. The van der Waals surface area contributed by atoms with Gasteiger partial charge in [0, 0.05) is 36.4 Å². The number of guanidine groups is 1. The summed E-state index contributed by atoms with van der Waals surface area (Å²) in [5.74, 6) is 1.65. The lowest BCUT2D eigenvalue weighted by Gasteiger charge is -2.21. The van der Waals surface area contributed by atoms with Crippen LogP contribution in [-0.2, 0) is 6.54 Å². The van der Waals surface area contributed by atoms with Gasteiger partial charge >= 0.3 is 0 Å². The van der Waals surface area contributed by atoms with Gasteiger partial charge in [0.1, 0.15) is 0 Å². The quantitative estimate of drug-likeness (QED) is 0.247. The predicted octanol–water partition coefficient (Wildman–Crippen LogP) is 5.03. The molecule has 3 aromatic rings. The first-order valence-corrected chi connectivity index (χ1v) is 10.9. The number of nitrogens with one attached hydrogen (secondary N) is 2. The molecule has 2 N–H and O–H groups in total. The third-order valence-corrected chi connectivity index (χ3v) is 5.61. The van der Waals surface area contributed by atoms with E-state index < -0.39 is 0 Å². The van der Waals surface area contributed by atoms with Crippen LogP contribution >= 0.6 is 35.6 Å². The van der Waals surface area contributed by atoms with Crippen LogP contribution in [0.3, 0.4) is 0 Å². The zero-order valence-corrected chi connectivity index (χ0v) is 21.3. The molecule has 1 saturated heterocycles. The maximum atomic E-state index is 6.04. The maximum Gasteiger partial charge on any atom is 0.246 e. The fourth-order valence-corrected chi connectivity index (χ4v) is 3.87. The number of halogens is 2. The van der Waals surface area contributed by atoms with Gasteiger partial charge in [0.15, 0.2) is 5.96 Å². The van der Waals surface area contributed by atoms with Crippen molar-refractivity contribution < 1.29 is 4.52 Å². The Kier molecular flexibility index (Phi) is 8.75. The molecule has 1 aliphatic heterocycles. The van der Waals surface area contributed by atoms with E-state index in [0.717, 1.165) is 18.7 Å². The lowest BCUT2D eigenvalue weighted by Crippen LogP contribution is -2.38. The Balaban J connectivity index is 0.00000289. The van der Waals surface area contributed by atoms with E-state index in [2.05, 4.69) is 61.9 Å². The fraction of sp³-hybridized carbons (Fsp3) is 0.348. The molecule has 1 aliphatic rings. The number of rotatable bonds is 6. The molecule has 0 aliphatic carbocycles. The van der Waals surface area contributed by atoms with Crippen LogP contribution in [0.5, 0.6) is 0 Å². The topological polar surface area (TPSA) is 78.6 Å². The van der Waals surface area contributed by atoms with Crippen molar-refractivity contribution in [2.75, 3.05) is 25.0 Å². The Hall–Kier alpha value is -2.33. The van der Waals surface area contributed by atoms with Crippen LogP contribution in [0.1, 0.15) is 37.3 Å². The van der Waals surface area contributed by atoms with Crippen molar-refractivity contribution in [3.05, 3.63) is 65.0 Å². The summed E-state index contributed by atoms with van der Waals surface area (Å²) in [6.45, 7) is 4.76. The molecule has 1 aromatic heterocycles. The normalized spacial score (nSPS) is 14.7. The number of hydrogen-bond donors (Lipinski definition) is 2. The summed E-state index contributed by atoms with van der Waals surface area (Å²) >= 11 is 6.04.